The van der Waals surface area contributed by atoms with Gasteiger partial charge in [0.15, 0.2) is 5.96 Å². The number of methoxy groups -OCH3 is 1. The van der Waals surface area contributed by atoms with Crippen molar-refractivity contribution in [3.05, 3.63) is 35.9 Å². The van der Waals surface area contributed by atoms with Crippen molar-refractivity contribution in [2.75, 3.05) is 53.1 Å². The van der Waals surface area contributed by atoms with Crippen LogP contribution in [0.5, 0.6) is 0 Å². The van der Waals surface area contributed by atoms with E-state index >= 15 is 0 Å². The lowest BCUT2D eigenvalue weighted by molar-refractivity contribution is 0.0690. The Hall–Kier alpha value is -0.860. The lowest BCUT2D eigenvalue weighted by Crippen LogP contribution is -2.40. The Morgan fingerprint density at radius 2 is 2.00 bits per heavy atom. The number of rotatable bonds is 11. The number of guanidine groups is 1. The van der Waals surface area contributed by atoms with Gasteiger partial charge in [-0.05, 0) is 44.1 Å². The van der Waals surface area contributed by atoms with Gasteiger partial charge in [0, 0.05) is 39.9 Å². The fourth-order valence-corrected chi connectivity index (χ4v) is 3.31. The largest absolute Gasteiger partial charge is 0.382 e. The van der Waals surface area contributed by atoms with Crippen molar-refractivity contribution in [2.45, 2.75) is 32.6 Å². The summed E-state index contributed by atoms with van der Waals surface area (Å²) in [5, 5.41) is 3.46. The van der Waals surface area contributed by atoms with Crippen molar-refractivity contribution in [2.24, 2.45) is 10.9 Å². The molecule has 1 unspecified atom stereocenters. The molecule has 0 bridgehead atoms. The van der Waals surface area contributed by atoms with Crippen molar-refractivity contribution in [3.63, 3.8) is 0 Å². The van der Waals surface area contributed by atoms with Gasteiger partial charge in [0.1, 0.15) is 0 Å². The van der Waals surface area contributed by atoms with Gasteiger partial charge < -0.3 is 19.7 Å². The van der Waals surface area contributed by atoms with E-state index in [-0.39, 0.29) is 24.0 Å². The van der Waals surface area contributed by atoms with Gasteiger partial charge in [-0.3, -0.25) is 4.99 Å². The summed E-state index contributed by atoms with van der Waals surface area (Å²) >= 11 is 0. The normalized spacial score (nSPS) is 17.0. The molecule has 0 aromatic heterocycles. The monoisotopic (exact) mass is 489 g/mol. The summed E-state index contributed by atoms with van der Waals surface area (Å²) in [5.74, 6) is 1.79. The molecule has 154 valence electrons. The number of nitrogens with zero attached hydrogens (tertiary/aromatic N) is 2. The van der Waals surface area contributed by atoms with Gasteiger partial charge in [0.2, 0.25) is 0 Å². The molecule has 0 spiro atoms. The molecule has 0 aliphatic carbocycles. The molecule has 6 heteroatoms. The second kappa shape index (κ2) is 15.1. The van der Waals surface area contributed by atoms with Crippen LogP contribution in [0.1, 0.15) is 31.7 Å². The van der Waals surface area contributed by atoms with Crippen molar-refractivity contribution >= 4 is 29.9 Å². The zero-order valence-electron chi connectivity index (χ0n) is 16.9. The molecule has 1 aliphatic heterocycles. The maximum atomic E-state index is 5.50. The fourth-order valence-electron chi connectivity index (χ4n) is 3.31. The highest BCUT2D eigenvalue weighted by atomic mass is 127. The van der Waals surface area contributed by atoms with Gasteiger partial charge in [0.05, 0.1) is 13.2 Å². The number of unbranched alkanes of at least 4 members (excludes halogenated alkanes) is 1. The molecule has 0 saturated carbocycles. The molecule has 27 heavy (non-hydrogen) atoms. The third kappa shape index (κ3) is 9.76. The molecule has 1 aromatic rings. The number of hydrogen-bond acceptors (Lipinski definition) is 3. The molecule has 1 N–H and O–H groups in total. The fraction of sp³-hybridized carbons (Fsp3) is 0.667. The molecule has 1 aliphatic rings. The number of benzene rings is 1. The average molecular weight is 489 g/mol. The SMILES string of the molecule is CCNC(=NCCCCOCCOC)N1CCC(Cc2ccccc2)C1.I. The van der Waals surface area contributed by atoms with E-state index in [9.17, 15) is 0 Å². The van der Waals surface area contributed by atoms with Crippen LogP contribution in [0, 0.1) is 5.92 Å². The van der Waals surface area contributed by atoms with Crippen LogP contribution in [-0.2, 0) is 15.9 Å². The Morgan fingerprint density at radius 3 is 2.74 bits per heavy atom. The van der Waals surface area contributed by atoms with Crippen LogP contribution in [-0.4, -0.2) is 64.0 Å². The number of halogens is 1. The molecule has 5 nitrogen and oxygen atoms in total. The molecule has 2 rings (SSSR count). The van der Waals surface area contributed by atoms with Gasteiger partial charge in [-0.25, -0.2) is 0 Å². The number of aliphatic imine (C=N–C) groups is 1. The highest BCUT2D eigenvalue weighted by molar-refractivity contribution is 14.0. The summed E-state index contributed by atoms with van der Waals surface area (Å²) in [4.78, 5) is 7.24. The molecule has 1 aromatic carbocycles. The zero-order chi connectivity index (χ0) is 18.5. The van der Waals surface area contributed by atoms with Crippen LogP contribution in [0.25, 0.3) is 0 Å². The number of hydrogen-bond donors (Lipinski definition) is 1. The van der Waals surface area contributed by atoms with E-state index in [1.165, 1.54) is 12.0 Å². The summed E-state index contributed by atoms with van der Waals surface area (Å²) in [7, 11) is 1.70. The molecular formula is C21H36IN3O2. The summed E-state index contributed by atoms with van der Waals surface area (Å²) < 4.78 is 10.5. The Morgan fingerprint density at radius 1 is 1.19 bits per heavy atom. The molecule has 0 amide bonds. The average Bonchev–Trinajstić information content (AvgIpc) is 3.12. The van der Waals surface area contributed by atoms with Crippen molar-refractivity contribution in [1.82, 2.24) is 10.2 Å². The Kier molecular flexibility index (Phi) is 13.5. The number of likely N-dealkylation sites (tertiary alicyclic amines) is 1. The highest BCUT2D eigenvalue weighted by Gasteiger charge is 2.24. The zero-order valence-corrected chi connectivity index (χ0v) is 19.2. The van der Waals surface area contributed by atoms with Crippen LogP contribution in [0.4, 0.5) is 0 Å². The highest BCUT2D eigenvalue weighted by Crippen LogP contribution is 2.20. The summed E-state index contributed by atoms with van der Waals surface area (Å²) in [6.45, 7) is 8.24. The van der Waals surface area contributed by atoms with Gasteiger partial charge >= 0.3 is 0 Å². The Bertz CT molecular complexity index is 513. The van der Waals surface area contributed by atoms with Crippen LogP contribution in [0.2, 0.25) is 0 Å². The second-order valence-corrected chi connectivity index (χ2v) is 6.84. The lowest BCUT2D eigenvalue weighted by atomic mass is 9.99. The smallest absolute Gasteiger partial charge is 0.193 e. The summed E-state index contributed by atoms with van der Waals surface area (Å²) in [6, 6.07) is 10.8. The lowest BCUT2D eigenvalue weighted by Gasteiger charge is -2.21. The molecule has 1 saturated heterocycles. The van der Waals surface area contributed by atoms with Gasteiger partial charge in [0.25, 0.3) is 0 Å². The van der Waals surface area contributed by atoms with E-state index in [4.69, 9.17) is 14.5 Å². The minimum atomic E-state index is 0. The number of ether oxygens (including phenoxy) is 2. The second-order valence-electron chi connectivity index (χ2n) is 6.84. The van der Waals surface area contributed by atoms with Gasteiger partial charge in [-0.2, -0.15) is 0 Å². The summed E-state index contributed by atoms with van der Waals surface area (Å²) in [6.07, 6.45) is 4.51. The first kappa shape index (κ1) is 24.2. The van der Waals surface area contributed by atoms with Crippen molar-refractivity contribution in [3.8, 4) is 0 Å². The quantitative estimate of drug-likeness (QED) is 0.224. The van der Waals surface area contributed by atoms with Gasteiger partial charge in [-0.1, -0.05) is 30.3 Å². The third-order valence-corrected chi connectivity index (χ3v) is 4.68. The molecule has 1 fully saturated rings. The van der Waals surface area contributed by atoms with Crippen molar-refractivity contribution in [1.29, 1.82) is 0 Å². The first-order valence-corrected chi connectivity index (χ1v) is 9.97. The predicted octanol–water partition coefficient (Wildman–Crippen LogP) is 3.58. The minimum Gasteiger partial charge on any atom is -0.382 e. The van der Waals surface area contributed by atoms with Gasteiger partial charge in [-0.15, -0.1) is 24.0 Å². The Balaban J connectivity index is 0.00000364. The van der Waals surface area contributed by atoms with E-state index in [2.05, 4.69) is 47.5 Å². The predicted molar refractivity (Wildman–Crippen MR) is 123 cm³/mol. The first-order valence-electron chi connectivity index (χ1n) is 9.97. The molecular weight excluding hydrogens is 453 g/mol. The first-order chi connectivity index (χ1) is 12.8. The van der Waals surface area contributed by atoms with E-state index in [0.29, 0.717) is 13.2 Å². The topological polar surface area (TPSA) is 46.1 Å². The maximum Gasteiger partial charge on any atom is 0.193 e. The van der Waals surface area contributed by atoms with Crippen molar-refractivity contribution < 1.29 is 9.47 Å². The summed E-state index contributed by atoms with van der Waals surface area (Å²) in [5.41, 5.74) is 1.44. The van der Waals surface area contributed by atoms with E-state index in [1.54, 1.807) is 7.11 Å². The molecule has 1 heterocycles. The molecule has 0 radical (unpaired) electrons. The Labute approximate surface area is 181 Å². The molecule has 1 atom stereocenters. The van der Waals surface area contributed by atoms with Crippen LogP contribution in [0.15, 0.2) is 35.3 Å². The van der Waals surface area contributed by atoms with E-state index in [0.717, 1.165) is 63.9 Å². The number of nitrogens with one attached hydrogen (secondary N) is 1. The maximum absolute atomic E-state index is 5.50. The van der Waals surface area contributed by atoms with Crippen LogP contribution >= 0.6 is 24.0 Å². The van der Waals surface area contributed by atoms with Crippen LogP contribution < -0.4 is 5.32 Å². The standard InChI is InChI=1S/C21H35N3O2.HI/c1-3-22-21(23-12-7-8-14-26-16-15-25-2)24-13-11-20(18-24)17-19-9-5-4-6-10-19;/h4-6,9-10,20H,3,7-8,11-18H2,1-2H3,(H,22,23);1H. The van der Waals surface area contributed by atoms with E-state index in [1.807, 2.05) is 0 Å². The van der Waals surface area contributed by atoms with E-state index < -0.39 is 0 Å². The third-order valence-electron chi connectivity index (χ3n) is 4.68. The van der Waals surface area contributed by atoms with Crippen LogP contribution in [0.3, 0.4) is 0 Å². The minimum absolute atomic E-state index is 0.